The molecule has 7 heteroatoms. The second-order valence-electron chi connectivity index (χ2n) is 4.24. The SMILES string of the molecule is Cc1ccc(OCC(C)(N)C(=O)O)c([N+](=O)[O-])c1. The second-order valence-corrected chi connectivity index (χ2v) is 4.24. The minimum absolute atomic E-state index is 0.00326. The molecule has 98 valence electrons. The molecule has 0 bridgehead atoms. The molecule has 0 radical (unpaired) electrons. The number of hydrogen-bond donors (Lipinski definition) is 2. The van der Waals surface area contributed by atoms with E-state index in [0.29, 0.717) is 5.56 Å². The molecule has 1 atom stereocenters. The number of ether oxygens (including phenoxy) is 1. The summed E-state index contributed by atoms with van der Waals surface area (Å²) in [6.07, 6.45) is 0. The van der Waals surface area contributed by atoms with Gasteiger partial charge in [0.05, 0.1) is 4.92 Å². The summed E-state index contributed by atoms with van der Waals surface area (Å²) in [6, 6.07) is 4.41. The van der Waals surface area contributed by atoms with Crippen molar-refractivity contribution in [3.05, 3.63) is 33.9 Å². The molecule has 1 aromatic carbocycles. The number of nitrogens with two attached hydrogens (primary N) is 1. The highest BCUT2D eigenvalue weighted by Gasteiger charge is 2.30. The van der Waals surface area contributed by atoms with E-state index in [1.165, 1.54) is 19.1 Å². The molecule has 1 rings (SSSR count). The van der Waals surface area contributed by atoms with Gasteiger partial charge in [-0.25, -0.2) is 0 Å². The molecule has 1 unspecified atom stereocenters. The first kappa shape index (κ1) is 13.9. The molecule has 0 amide bonds. The van der Waals surface area contributed by atoms with Crippen LogP contribution in [0.25, 0.3) is 0 Å². The van der Waals surface area contributed by atoms with Crippen LogP contribution in [-0.2, 0) is 4.79 Å². The molecule has 3 N–H and O–H groups in total. The topological polar surface area (TPSA) is 116 Å². The normalized spacial score (nSPS) is 13.7. The number of carboxylic acids is 1. The highest BCUT2D eigenvalue weighted by molar-refractivity contribution is 5.78. The Kier molecular flexibility index (Phi) is 3.87. The van der Waals surface area contributed by atoms with Crippen molar-refractivity contribution in [1.82, 2.24) is 0 Å². The van der Waals surface area contributed by atoms with Gasteiger partial charge in [0.15, 0.2) is 5.75 Å². The summed E-state index contributed by atoms with van der Waals surface area (Å²) in [5.74, 6) is -1.24. The Morgan fingerprint density at radius 2 is 2.22 bits per heavy atom. The maximum atomic E-state index is 10.8. The summed E-state index contributed by atoms with van der Waals surface area (Å²) < 4.78 is 5.13. The molecule has 0 saturated heterocycles. The summed E-state index contributed by atoms with van der Waals surface area (Å²) in [7, 11) is 0. The molecule has 0 heterocycles. The van der Waals surface area contributed by atoms with E-state index in [1.54, 1.807) is 13.0 Å². The molecule has 0 aliphatic rings. The van der Waals surface area contributed by atoms with E-state index in [2.05, 4.69) is 0 Å². The number of nitro benzene ring substituents is 1. The summed E-state index contributed by atoms with van der Waals surface area (Å²) in [6.45, 7) is 2.63. The van der Waals surface area contributed by atoms with E-state index in [9.17, 15) is 14.9 Å². The van der Waals surface area contributed by atoms with Gasteiger partial charge in [-0.1, -0.05) is 6.07 Å². The predicted octanol–water partition coefficient (Wildman–Crippen LogP) is 1.08. The number of benzene rings is 1. The van der Waals surface area contributed by atoms with Crippen LogP contribution in [0.15, 0.2) is 18.2 Å². The lowest BCUT2D eigenvalue weighted by molar-refractivity contribution is -0.386. The maximum Gasteiger partial charge on any atom is 0.326 e. The fourth-order valence-corrected chi connectivity index (χ4v) is 1.18. The lowest BCUT2D eigenvalue weighted by atomic mass is 10.1. The van der Waals surface area contributed by atoms with Gasteiger partial charge in [-0.15, -0.1) is 0 Å². The Morgan fingerprint density at radius 1 is 1.61 bits per heavy atom. The fraction of sp³-hybridized carbons (Fsp3) is 0.364. The Hall–Kier alpha value is -2.15. The standard InChI is InChI=1S/C11H14N2O5/c1-7-3-4-9(8(5-7)13(16)17)18-6-11(2,12)10(14)15/h3-5H,6,12H2,1-2H3,(H,14,15). The third-order valence-electron chi connectivity index (χ3n) is 2.33. The van der Waals surface area contributed by atoms with Crippen molar-refractivity contribution in [1.29, 1.82) is 0 Å². The van der Waals surface area contributed by atoms with Crippen LogP contribution < -0.4 is 10.5 Å². The zero-order valence-corrected chi connectivity index (χ0v) is 10.0. The minimum Gasteiger partial charge on any atom is -0.484 e. The summed E-state index contributed by atoms with van der Waals surface area (Å²) >= 11 is 0. The zero-order valence-electron chi connectivity index (χ0n) is 10.0. The van der Waals surface area contributed by atoms with E-state index in [4.69, 9.17) is 15.6 Å². The Labute approximate surface area is 103 Å². The molecule has 0 fully saturated rings. The predicted molar refractivity (Wildman–Crippen MR) is 63.6 cm³/mol. The van der Waals surface area contributed by atoms with Crippen molar-refractivity contribution in [2.24, 2.45) is 5.73 Å². The van der Waals surface area contributed by atoms with Crippen molar-refractivity contribution >= 4 is 11.7 Å². The average molecular weight is 254 g/mol. The first-order valence-electron chi connectivity index (χ1n) is 5.14. The highest BCUT2D eigenvalue weighted by atomic mass is 16.6. The minimum atomic E-state index is -1.60. The number of aliphatic carboxylic acids is 1. The van der Waals surface area contributed by atoms with Gasteiger partial charge in [0.25, 0.3) is 0 Å². The number of hydrogen-bond acceptors (Lipinski definition) is 5. The molecule has 18 heavy (non-hydrogen) atoms. The molecular weight excluding hydrogens is 240 g/mol. The van der Waals surface area contributed by atoms with E-state index >= 15 is 0 Å². The first-order chi connectivity index (χ1) is 8.24. The lowest BCUT2D eigenvalue weighted by Gasteiger charge is -2.19. The van der Waals surface area contributed by atoms with Crippen molar-refractivity contribution in [2.75, 3.05) is 6.61 Å². The number of carboxylic acid groups (broad SMARTS) is 1. The highest BCUT2D eigenvalue weighted by Crippen LogP contribution is 2.28. The van der Waals surface area contributed by atoms with Crippen LogP contribution in [0.4, 0.5) is 5.69 Å². The van der Waals surface area contributed by atoms with Crippen LogP contribution >= 0.6 is 0 Å². The second kappa shape index (κ2) is 5.01. The van der Waals surface area contributed by atoms with Crippen LogP contribution in [0, 0.1) is 17.0 Å². The quantitative estimate of drug-likeness (QED) is 0.600. The molecule has 0 saturated carbocycles. The van der Waals surface area contributed by atoms with Crippen molar-refractivity contribution < 1.29 is 19.6 Å². The number of carbonyl (C=O) groups is 1. The summed E-state index contributed by atoms with van der Waals surface area (Å²) in [5, 5.41) is 19.6. The van der Waals surface area contributed by atoms with E-state index < -0.39 is 16.4 Å². The van der Waals surface area contributed by atoms with E-state index in [1.807, 2.05) is 0 Å². The molecule has 1 aromatic rings. The molecule has 0 aromatic heterocycles. The third-order valence-corrected chi connectivity index (χ3v) is 2.33. The zero-order chi connectivity index (χ0) is 13.9. The van der Waals surface area contributed by atoms with E-state index in [0.717, 1.165) is 0 Å². The van der Waals surface area contributed by atoms with E-state index in [-0.39, 0.29) is 18.0 Å². The molecule has 0 aliphatic heterocycles. The Bertz CT molecular complexity index is 484. The van der Waals surface area contributed by atoms with Crippen molar-refractivity contribution in [3.63, 3.8) is 0 Å². The summed E-state index contributed by atoms with van der Waals surface area (Å²) in [4.78, 5) is 21.0. The fourth-order valence-electron chi connectivity index (χ4n) is 1.18. The number of rotatable bonds is 5. The molecule has 0 spiro atoms. The van der Waals surface area contributed by atoms with Gasteiger partial charge >= 0.3 is 11.7 Å². The largest absolute Gasteiger partial charge is 0.484 e. The van der Waals surface area contributed by atoms with Crippen LogP contribution in [0.3, 0.4) is 0 Å². The molecule has 7 nitrogen and oxygen atoms in total. The van der Waals surface area contributed by atoms with Crippen LogP contribution in [0.1, 0.15) is 12.5 Å². The van der Waals surface area contributed by atoms with Gasteiger partial charge in [-0.3, -0.25) is 14.9 Å². The molecular formula is C11H14N2O5. The van der Waals surface area contributed by atoms with Gasteiger partial charge in [0, 0.05) is 6.07 Å². The first-order valence-corrected chi connectivity index (χ1v) is 5.14. The smallest absolute Gasteiger partial charge is 0.326 e. The van der Waals surface area contributed by atoms with Gasteiger partial charge in [0.1, 0.15) is 12.1 Å². The van der Waals surface area contributed by atoms with Crippen molar-refractivity contribution in [3.8, 4) is 5.75 Å². The van der Waals surface area contributed by atoms with Crippen LogP contribution in [-0.4, -0.2) is 28.1 Å². The number of nitro groups is 1. The van der Waals surface area contributed by atoms with Crippen molar-refractivity contribution in [2.45, 2.75) is 19.4 Å². The Balaban J connectivity index is 2.92. The molecule has 0 aliphatic carbocycles. The van der Waals surface area contributed by atoms with Gasteiger partial charge in [0.2, 0.25) is 0 Å². The van der Waals surface area contributed by atoms with Gasteiger partial charge < -0.3 is 15.6 Å². The average Bonchev–Trinajstić information content (AvgIpc) is 2.27. The van der Waals surface area contributed by atoms with Crippen LogP contribution in [0.2, 0.25) is 0 Å². The lowest BCUT2D eigenvalue weighted by Crippen LogP contribution is -2.50. The summed E-state index contributed by atoms with van der Waals surface area (Å²) in [5.41, 5.74) is 4.37. The monoisotopic (exact) mass is 254 g/mol. The van der Waals surface area contributed by atoms with Gasteiger partial charge in [-0.2, -0.15) is 0 Å². The maximum absolute atomic E-state index is 10.8. The van der Waals surface area contributed by atoms with Crippen LogP contribution in [0.5, 0.6) is 5.75 Å². The Morgan fingerprint density at radius 3 is 2.72 bits per heavy atom. The van der Waals surface area contributed by atoms with Gasteiger partial charge in [-0.05, 0) is 25.5 Å². The number of aryl methyl sites for hydroxylation is 1. The third kappa shape index (κ3) is 3.17. The number of nitrogens with zero attached hydrogens (tertiary/aromatic N) is 1.